The van der Waals surface area contributed by atoms with Crippen molar-refractivity contribution in [2.24, 2.45) is 0 Å². The molecule has 1 N–H and O–H groups in total. The maximum absolute atomic E-state index is 13.0. The van der Waals surface area contributed by atoms with Crippen LogP contribution < -0.4 is 10.2 Å². The smallest absolute Gasteiger partial charge is 0.253 e. The van der Waals surface area contributed by atoms with E-state index in [9.17, 15) is 9.59 Å². The largest absolute Gasteiger partial charge is 0.378 e. The third-order valence-corrected chi connectivity index (χ3v) is 5.63. The van der Waals surface area contributed by atoms with Crippen LogP contribution in [0.25, 0.3) is 0 Å². The van der Waals surface area contributed by atoms with Crippen molar-refractivity contribution in [3.63, 3.8) is 0 Å². The minimum Gasteiger partial charge on any atom is -0.378 e. The first kappa shape index (κ1) is 22.5. The summed E-state index contributed by atoms with van der Waals surface area (Å²) in [6, 6.07) is 15.4. The number of nitrogens with zero attached hydrogens (tertiary/aromatic N) is 4. The third kappa shape index (κ3) is 6.20. The SMILES string of the molecule is CN(Cc1ccc(N2CCOCC2)cc1)C(=O)c1cccc(NC(=O)CCn2ccnc2)c1. The van der Waals surface area contributed by atoms with Gasteiger partial charge < -0.3 is 24.4 Å². The number of anilines is 2. The number of aromatic nitrogens is 2. The van der Waals surface area contributed by atoms with E-state index in [0.717, 1.165) is 31.9 Å². The van der Waals surface area contributed by atoms with Gasteiger partial charge in [-0.25, -0.2) is 4.98 Å². The first-order chi connectivity index (χ1) is 16.1. The Morgan fingerprint density at radius 2 is 1.91 bits per heavy atom. The molecule has 0 aliphatic carbocycles. The molecule has 2 amide bonds. The lowest BCUT2D eigenvalue weighted by Crippen LogP contribution is -2.36. The molecule has 3 aromatic rings. The normalized spacial score (nSPS) is 13.5. The standard InChI is InChI=1S/C25H29N5O3/c1-28(18-20-5-7-23(8-6-20)30-13-15-33-16-14-30)25(32)21-3-2-4-22(17-21)27-24(31)9-11-29-12-10-26-19-29/h2-8,10,12,17,19H,9,11,13-16,18H2,1H3,(H,27,31). The van der Waals surface area contributed by atoms with E-state index in [1.54, 1.807) is 48.7 Å². The molecular formula is C25H29N5O3. The number of amides is 2. The molecular weight excluding hydrogens is 418 g/mol. The Balaban J connectivity index is 1.32. The van der Waals surface area contributed by atoms with Crippen molar-refractivity contribution in [1.29, 1.82) is 0 Å². The average molecular weight is 448 g/mol. The number of rotatable bonds is 8. The van der Waals surface area contributed by atoms with Crippen LogP contribution in [0.3, 0.4) is 0 Å². The van der Waals surface area contributed by atoms with Crippen molar-refractivity contribution in [3.8, 4) is 0 Å². The zero-order chi connectivity index (χ0) is 23.0. The molecule has 2 heterocycles. The molecule has 0 unspecified atom stereocenters. The van der Waals surface area contributed by atoms with Crippen molar-refractivity contribution in [1.82, 2.24) is 14.5 Å². The van der Waals surface area contributed by atoms with E-state index in [0.29, 0.717) is 30.8 Å². The molecule has 1 aliphatic rings. The molecule has 4 rings (SSSR count). The molecule has 0 atom stereocenters. The van der Waals surface area contributed by atoms with Crippen LogP contribution in [0.4, 0.5) is 11.4 Å². The van der Waals surface area contributed by atoms with Crippen molar-refractivity contribution in [3.05, 3.63) is 78.4 Å². The summed E-state index contributed by atoms with van der Waals surface area (Å²) in [7, 11) is 1.79. The Bertz CT molecular complexity index is 1060. The minimum atomic E-state index is -0.109. The number of imidazole rings is 1. The van der Waals surface area contributed by atoms with Crippen LogP contribution in [0.15, 0.2) is 67.3 Å². The number of carbonyl (C=O) groups excluding carboxylic acids is 2. The number of morpholine rings is 1. The summed E-state index contributed by atoms with van der Waals surface area (Å²) in [5, 5.41) is 2.87. The number of hydrogen-bond acceptors (Lipinski definition) is 5. The number of hydrogen-bond donors (Lipinski definition) is 1. The number of nitrogens with one attached hydrogen (secondary N) is 1. The van der Waals surface area contributed by atoms with Crippen LogP contribution >= 0.6 is 0 Å². The lowest BCUT2D eigenvalue weighted by molar-refractivity contribution is -0.116. The Hall–Kier alpha value is -3.65. The fraction of sp³-hybridized carbons (Fsp3) is 0.320. The summed E-state index contributed by atoms with van der Waals surface area (Å²) in [5.74, 6) is -0.205. The van der Waals surface area contributed by atoms with Crippen LogP contribution in [-0.4, -0.2) is 59.6 Å². The van der Waals surface area contributed by atoms with Gasteiger partial charge in [0.2, 0.25) is 5.91 Å². The Kier molecular flexibility index (Phi) is 7.36. The van der Waals surface area contributed by atoms with E-state index in [4.69, 9.17) is 4.74 Å². The van der Waals surface area contributed by atoms with Crippen molar-refractivity contribution in [2.75, 3.05) is 43.6 Å². The summed E-state index contributed by atoms with van der Waals surface area (Å²) in [4.78, 5) is 33.2. The van der Waals surface area contributed by atoms with Crippen LogP contribution in [0.1, 0.15) is 22.3 Å². The summed E-state index contributed by atoms with van der Waals surface area (Å²) >= 11 is 0. The zero-order valence-electron chi connectivity index (χ0n) is 18.8. The van der Waals surface area contributed by atoms with Gasteiger partial charge in [-0.3, -0.25) is 9.59 Å². The molecule has 33 heavy (non-hydrogen) atoms. The highest BCUT2D eigenvalue weighted by Crippen LogP contribution is 2.19. The molecule has 8 heteroatoms. The zero-order valence-corrected chi connectivity index (χ0v) is 18.8. The lowest BCUT2D eigenvalue weighted by Gasteiger charge is -2.29. The van der Waals surface area contributed by atoms with Crippen LogP contribution in [0, 0.1) is 0 Å². The molecule has 0 radical (unpaired) electrons. The molecule has 1 aliphatic heterocycles. The van der Waals surface area contributed by atoms with Crippen molar-refractivity contribution < 1.29 is 14.3 Å². The van der Waals surface area contributed by atoms with E-state index in [1.807, 2.05) is 10.8 Å². The highest BCUT2D eigenvalue weighted by molar-refractivity contribution is 5.97. The van der Waals surface area contributed by atoms with E-state index >= 15 is 0 Å². The van der Waals surface area contributed by atoms with Gasteiger partial charge in [-0.05, 0) is 35.9 Å². The molecule has 0 spiro atoms. The summed E-state index contributed by atoms with van der Waals surface area (Å²) in [6.45, 7) is 4.36. The fourth-order valence-electron chi connectivity index (χ4n) is 3.80. The Morgan fingerprint density at radius 1 is 1.12 bits per heavy atom. The second-order valence-electron chi connectivity index (χ2n) is 8.11. The predicted molar refractivity (Wildman–Crippen MR) is 127 cm³/mol. The summed E-state index contributed by atoms with van der Waals surface area (Å²) in [6.07, 6.45) is 5.51. The Morgan fingerprint density at radius 3 is 2.64 bits per heavy atom. The van der Waals surface area contributed by atoms with Gasteiger partial charge in [-0.1, -0.05) is 18.2 Å². The maximum atomic E-state index is 13.0. The third-order valence-electron chi connectivity index (χ3n) is 5.63. The van der Waals surface area contributed by atoms with Crippen molar-refractivity contribution in [2.45, 2.75) is 19.5 Å². The molecule has 1 fully saturated rings. The van der Waals surface area contributed by atoms with E-state index < -0.39 is 0 Å². The Labute approximate surface area is 193 Å². The number of aryl methyl sites for hydroxylation is 1. The quantitative estimate of drug-likeness (QED) is 0.574. The van der Waals surface area contributed by atoms with Gasteiger partial charge >= 0.3 is 0 Å². The molecule has 1 aromatic heterocycles. The number of benzene rings is 2. The molecule has 8 nitrogen and oxygen atoms in total. The predicted octanol–water partition coefficient (Wildman–Crippen LogP) is 3.02. The molecule has 0 saturated carbocycles. The van der Waals surface area contributed by atoms with Crippen LogP contribution in [0.5, 0.6) is 0 Å². The van der Waals surface area contributed by atoms with Crippen LogP contribution in [-0.2, 0) is 22.6 Å². The summed E-state index contributed by atoms with van der Waals surface area (Å²) < 4.78 is 7.26. The second-order valence-corrected chi connectivity index (χ2v) is 8.11. The van der Waals surface area contributed by atoms with Gasteiger partial charge in [0, 0.05) is 69.0 Å². The molecule has 2 aromatic carbocycles. The molecule has 0 bridgehead atoms. The van der Waals surface area contributed by atoms with Gasteiger partial charge in [0.1, 0.15) is 0 Å². The maximum Gasteiger partial charge on any atom is 0.253 e. The van der Waals surface area contributed by atoms with E-state index in [-0.39, 0.29) is 11.8 Å². The topological polar surface area (TPSA) is 79.7 Å². The first-order valence-electron chi connectivity index (χ1n) is 11.1. The van der Waals surface area contributed by atoms with E-state index in [1.165, 1.54) is 5.69 Å². The van der Waals surface area contributed by atoms with Crippen LogP contribution in [0.2, 0.25) is 0 Å². The van der Waals surface area contributed by atoms with Gasteiger partial charge in [-0.15, -0.1) is 0 Å². The molecule has 1 saturated heterocycles. The molecule has 172 valence electrons. The van der Waals surface area contributed by atoms with Gasteiger partial charge in [-0.2, -0.15) is 0 Å². The summed E-state index contributed by atoms with van der Waals surface area (Å²) in [5.41, 5.74) is 3.38. The minimum absolute atomic E-state index is 0.0956. The van der Waals surface area contributed by atoms with Gasteiger partial charge in [0.15, 0.2) is 0 Å². The monoisotopic (exact) mass is 447 g/mol. The fourth-order valence-corrected chi connectivity index (χ4v) is 3.80. The first-order valence-corrected chi connectivity index (χ1v) is 11.1. The average Bonchev–Trinajstić information content (AvgIpc) is 3.37. The number of ether oxygens (including phenoxy) is 1. The van der Waals surface area contributed by atoms with E-state index in [2.05, 4.69) is 39.5 Å². The van der Waals surface area contributed by atoms with Gasteiger partial charge in [0.25, 0.3) is 5.91 Å². The lowest BCUT2D eigenvalue weighted by atomic mass is 10.1. The number of carbonyl (C=O) groups is 2. The highest BCUT2D eigenvalue weighted by Gasteiger charge is 2.15. The van der Waals surface area contributed by atoms with Gasteiger partial charge in [0.05, 0.1) is 19.5 Å². The second kappa shape index (κ2) is 10.8. The van der Waals surface area contributed by atoms with Crippen molar-refractivity contribution >= 4 is 23.2 Å². The highest BCUT2D eigenvalue weighted by atomic mass is 16.5.